The van der Waals surface area contributed by atoms with Crippen LogP contribution in [0.4, 0.5) is 0 Å². The summed E-state index contributed by atoms with van der Waals surface area (Å²) in [6.07, 6.45) is 1.29. The molecule has 0 aliphatic rings. The van der Waals surface area contributed by atoms with E-state index >= 15 is 0 Å². The zero-order valence-corrected chi connectivity index (χ0v) is 10.6. The minimum atomic E-state index is -1.24. The highest BCUT2D eigenvalue weighted by Crippen LogP contribution is 2.24. The molecule has 0 aromatic heterocycles. The highest BCUT2D eigenvalue weighted by atomic mass is 35.5. The van der Waals surface area contributed by atoms with Crippen LogP contribution in [0.1, 0.15) is 12.5 Å². The maximum absolute atomic E-state index is 11.0. The van der Waals surface area contributed by atoms with Gasteiger partial charge in [0.15, 0.2) is 0 Å². The number of methoxy groups -OCH3 is 1. The number of aliphatic carboxylic acids is 1. The summed E-state index contributed by atoms with van der Waals surface area (Å²) in [6.45, 7) is 1.23. The monoisotopic (exact) mass is 269 g/mol. The third-order valence-electron chi connectivity index (χ3n) is 2.03. The molecular formula is C12H12ClNO4. The van der Waals surface area contributed by atoms with E-state index in [0.29, 0.717) is 16.3 Å². The normalized spacial score (nSPS) is 10.9. The molecule has 0 aliphatic carbocycles. The Balaban J connectivity index is 3.22. The van der Waals surface area contributed by atoms with Crippen molar-refractivity contribution in [2.45, 2.75) is 6.92 Å². The minimum Gasteiger partial charge on any atom is -0.496 e. The number of carbonyl (C=O) groups is 2. The van der Waals surface area contributed by atoms with Gasteiger partial charge >= 0.3 is 5.97 Å². The summed E-state index contributed by atoms with van der Waals surface area (Å²) in [5.41, 5.74) is 0.221. The average molecular weight is 270 g/mol. The van der Waals surface area contributed by atoms with Crippen molar-refractivity contribution >= 4 is 29.6 Å². The third-order valence-corrected chi connectivity index (χ3v) is 2.27. The smallest absolute Gasteiger partial charge is 0.352 e. The van der Waals surface area contributed by atoms with Crippen molar-refractivity contribution < 1.29 is 19.4 Å². The first-order valence-electron chi connectivity index (χ1n) is 5.00. The van der Waals surface area contributed by atoms with Crippen molar-refractivity contribution in [1.82, 2.24) is 5.32 Å². The maximum Gasteiger partial charge on any atom is 0.352 e. The Morgan fingerprint density at radius 2 is 2.11 bits per heavy atom. The van der Waals surface area contributed by atoms with Gasteiger partial charge in [0.25, 0.3) is 0 Å². The van der Waals surface area contributed by atoms with Gasteiger partial charge in [-0.05, 0) is 24.3 Å². The molecule has 1 amide bonds. The van der Waals surface area contributed by atoms with Crippen LogP contribution >= 0.6 is 11.6 Å². The maximum atomic E-state index is 11.0. The summed E-state index contributed by atoms with van der Waals surface area (Å²) in [6, 6.07) is 4.78. The van der Waals surface area contributed by atoms with Gasteiger partial charge in [-0.25, -0.2) is 4.79 Å². The van der Waals surface area contributed by atoms with E-state index in [4.69, 9.17) is 21.4 Å². The number of rotatable bonds is 4. The number of ether oxygens (including phenoxy) is 1. The largest absolute Gasteiger partial charge is 0.496 e. The first-order valence-corrected chi connectivity index (χ1v) is 5.38. The fourth-order valence-electron chi connectivity index (χ4n) is 1.31. The van der Waals surface area contributed by atoms with Gasteiger partial charge in [0.05, 0.1) is 7.11 Å². The molecule has 0 saturated carbocycles. The molecule has 1 aromatic rings. The highest BCUT2D eigenvalue weighted by Gasteiger charge is 2.11. The van der Waals surface area contributed by atoms with Crippen molar-refractivity contribution in [3.05, 3.63) is 34.5 Å². The SMILES string of the molecule is COc1ccc(Cl)cc1/C=C(/NC(C)=O)C(=O)O. The minimum absolute atomic E-state index is 0.247. The molecule has 0 radical (unpaired) electrons. The lowest BCUT2D eigenvalue weighted by molar-refractivity contribution is -0.134. The highest BCUT2D eigenvalue weighted by molar-refractivity contribution is 6.30. The molecule has 0 aliphatic heterocycles. The first-order chi connectivity index (χ1) is 8.43. The molecule has 96 valence electrons. The van der Waals surface area contributed by atoms with E-state index in [0.717, 1.165) is 0 Å². The van der Waals surface area contributed by atoms with Crippen LogP contribution in [0.15, 0.2) is 23.9 Å². The molecule has 18 heavy (non-hydrogen) atoms. The number of halogens is 1. The van der Waals surface area contributed by atoms with Crippen LogP contribution in [0.25, 0.3) is 6.08 Å². The molecule has 0 fully saturated rings. The molecule has 2 N–H and O–H groups in total. The number of carboxylic acids is 1. The summed E-state index contributed by atoms with van der Waals surface area (Å²) in [7, 11) is 1.46. The number of nitrogens with one attached hydrogen (secondary N) is 1. The van der Waals surface area contributed by atoms with Crippen LogP contribution in [0, 0.1) is 0 Å². The quantitative estimate of drug-likeness (QED) is 0.819. The molecule has 0 unspecified atom stereocenters. The van der Waals surface area contributed by atoms with E-state index < -0.39 is 11.9 Å². The Labute approximate surface area is 109 Å². The van der Waals surface area contributed by atoms with E-state index in [1.54, 1.807) is 18.2 Å². The Morgan fingerprint density at radius 1 is 1.44 bits per heavy atom. The first kappa shape index (κ1) is 14.1. The summed E-state index contributed by atoms with van der Waals surface area (Å²) < 4.78 is 5.08. The Hall–Kier alpha value is -2.01. The predicted molar refractivity (Wildman–Crippen MR) is 67.4 cm³/mol. The standard InChI is InChI=1S/C12H12ClNO4/c1-7(15)14-10(12(16)17)6-8-5-9(13)3-4-11(8)18-2/h3-6H,1-2H3,(H,14,15)(H,16,17)/b10-6+. The second kappa shape index (κ2) is 6.07. The van der Waals surface area contributed by atoms with Crippen LogP contribution in [0.2, 0.25) is 5.02 Å². The molecule has 1 rings (SSSR count). The van der Waals surface area contributed by atoms with Crippen LogP contribution in [-0.4, -0.2) is 24.1 Å². The van der Waals surface area contributed by atoms with Gasteiger partial charge in [-0.15, -0.1) is 0 Å². The van der Waals surface area contributed by atoms with Gasteiger partial charge in [0.2, 0.25) is 5.91 Å². The Morgan fingerprint density at radius 3 is 2.61 bits per heavy atom. The van der Waals surface area contributed by atoms with Crippen molar-refractivity contribution in [2.24, 2.45) is 0 Å². The molecule has 0 atom stereocenters. The topological polar surface area (TPSA) is 75.6 Å². The van der Waals surface area contributed by atoms with Crippen LogP contribution in [0.5, 0.6) is 5.75 Å². The number of benzene rings is 1. The lowest BCUT2D eigenvalue weighted by atomic mass is 10.1. The molecular weight excluding hydrogens is 258 g/mol. The van der Waals surface area contributed by atoms with Gasteiger partial charge in [-0.3, -0.25) is 4.79 Å². The number of carbonyl (C=O) groups excluding carboxylic acids is 1. The average Bonchev–Trinajstić information content (AvgIpc) is 2.27. The van der Waals surface area contributed by atoms with Crippen molar-refractivity contribution in [3.63, 3.8) is 0 Å². The zero-order chi connectivity index (χ0) is 13.7. The fourth-order valence-corrected chi connectivity index (χ4v) is 1.49. The van der Waals surface area contributed by atoms with E-state index in [2.05, 4.69) is 5.32 Å². The lowest BCUT2D eigenvalue weighted by Gasteiger charge is -2.07. The Kier molecular flexibility index (Phi) is 4.74. The number of hydrogen-bond acceptors (Lipinski definition) is 3. The van der Waals surface area contributed by atoms with E-state index in [-0.39, 0.29) is 5.70 Å². The molecule has 0 bridgehead atoms. The van der Waals surface area contributed by atoms with Crippen molar-refractivity contribution in [1.29, 1.82) is 0 Å². The molecule has 0 heterocycles. The van der Waals surface area contributed by atoms with E-state index in [1.807, 2.05) is 0 Å². The molecule has 0 saturated heterocycles. The fraction of sp³-hybridized carbons (Fsp3) is 0.167. The van der Waals surface area contributed by atoms with E-state index in [1.165, 1.54) is 20.1 Å². The second-order valence-corrected chi connectivity index (χ2v) is 3.87. The number of amides is 1. The van der Waals surface area contributed by atoms with Gasteiger partial charge in [-0.2, -0.15) is 0 Å². The molecule has 5 nitrogen and oxygen atoms in total. The van der Waals surface area contributed by atoms with Gasteiger partial charge < -0.3 is 15.2 Å². The van der Waals surface area contributed by atoms with Crippen LogP contribution in [0.3, 0.4) is 0 Å². The zero-order valence-electron chi connectivity index (χ0n) is 9.86. The van der Waals surface area contributed by atoms with Crippen molar-refractivity contribution in [3.8, 4) is 5.75 Å². The summed E-state index contributed by atoms with van der Waals surface area (Å²) in [5.74, 6) is -1.25. The van der Waals surface area contributed by atoms with Gasteiger partial charge in [-0.1, -0.05) is 11.6 Å². The van der Waals surface area contributed by atoms with Crippen LogP contribution in [-0.2, 0) is 9.59 Å². The number of carboxylic acid groups (broad SMARTS) is 1. The predicted octanol–water partition coefficient (Wildman–Crippen LogP) is 1.91. The van der Waals surface area contributed by atoms with Gasteiger partial charge in [0.1, 0.15) is 11.4 Å². The van der Waals surface area contributed by atoms with E-state index in [9.17, 15) is 9.59 Å². The second-order valence-electron chi connectivity index (χ2n) is 3.43. The van der Waals surface area contributed by atoms with Gasteiger partial charge in [0, 0.05) is 17.5 Å². The molecule has 0 spiro atoms. The third kappa shape index (κ3) is 3.78. The molecule has 1 aromatic carbocycles. The lowest BCUT2D eigenvalue weighted by Crippen LogP contribution is -2.24. The summed E-state index contributed by atoms with van der Waals surface area (Å²) in [4.78, 5) is 21.9. The number of hydrogen-bond donors (Lipinski definition) is 2. The summed E-state index contributed by atoms with van der Waals surface area (Å²) >= 11 is 5.82. The Bertz CT molecular complexity index is 511. The molecule has 6 heteroatoms. The van der Waals surface area contributed by atoms with Crippen LogP contribution < -0.4 is 10.1 Å². The summed E-state index contributed by atoms with van der Waals surface area (Å²) in [5, 5.41) is 11.6. The van der Waals surface area contributed by atoms with Crippen molar-refractivity contribution in [2.75, 3.05) is 7.11 Å².